The zero-order valence-electron chi connectivity index (χ0n) is 6.45. The van der Waals surface area contributed by atoms with Gasteiger partial charge >= 0.3 is 0 Å². The van der Waals surface area contributed by atoms with Crippen LogP contribution in [0.2, 0.25) is 5.02 Å². The number of hydrogen-bond donors (Lipinski definition) is 1. The van der Waals surface area contributed by atoms with E-state index in [1.54, 1.807) is 6.07 Å². The van der Waals surface area contributed by atoms with Crippen molar-refractivity contribution in [1.82, 2.24) is 5.01 Å². The molecule has 2 N–H and O–H groups in total. The SMILES string of the molecule is NN1C(=O)c2ccc(Cl)cc2C1=O. The molecule has 13 heavy (non-hydrogen) atoms. The van der Waals surface area contributed by atoms with Crippen LogP contribution >= 0.6 is 11.6 Å². The largest absolute Gasteiger partial charge is 0.276 e. The molecule has 0 aliphatic carbocycles. The quantitative estimate of drug-likeness (QED) is 0.379. The summed E-state index contributed by atoms with van der Waals surface area (Å²) < 4.78 is 0. The highest BCUT2D eigenvalue weighted by Crippen LogP contribution is 2.23. The maximum absolute atomic E-state index is 11.3. The molecule has 0 fully saturated rings. The van der Waals surface area contributed by atoms with Gasteiger partial charge in [0.15, 0.2) is 0 Å². The number of hydrogen-bond acceptors (Lipinski definition) is 3. The van der Waals surface area contributed by atoms with Crippen molar-refractivity contribution >= 4 is 23.4 Å². The second-order valence-corrected chi connectivity index (χ2v) is 3.11. The minimum Gasteiger partial charge on any atom is -0.267 e. The van der Waals surface area contributed by atoms with Crippen molar-refractivity contribution in [2.75, 3.05) is 0 Å². The average Bonchev–Trinajstić information content (AvgIpc) is 2.32. The Balaban J connectivity index is 2.67. The Morgan fingerprint density at radius 1 is 1.15 bits per heavy atom. The van der Waals surface area contributed by atoms with Crippen LogP contribution in [0.5, 0.6) is 0 Å². The summed E-state index contributed by atoms with van der Waals surface area (Å²) in [6, 6.07) is 4.47. The summed E-state index contributed by atoms with van der Waals surface area (Å²) in [5, 5.41) is 0.997. The van der Waals surface area contributed by atoms with E-state index in [4.69, 9.17) is 17.4 Å². The number of benzene rings is 1. The van der Waals surface area contributed by atoms with Crippen LogP contribution in [0.3, 0.4) is 0 Å². The van der Waals surface area contributed by atoms with E-state index >= 15 is 0 Å². The third-order valence-electron chi connectivity index (χ3n) is 1.88. The molecule has 1 aliphatic heterocycles. The molecule has 66 valence electrons. The molecule has 0 saturated carbocycles. The molecule has 0 bridgehead atoms. The maximum Gasteiger partial charge on any atom is 0.276 e. The highest BCUT2D eigenvalue weighted by molar-refractivity contribution is 6.32. The standard InChI is InChI=1S/C8H5ClN2O2/c9-4-1-2-5-6(3-4)8(13)11(10)7(5)12/h1-3H,10H2. The molecule has 1 aliphatic rings. The van der Waals surface area contributed by atoms with E-state index in [0.717, 1.165) is 0 Å². The smallest absolute Gasteiger partial charge is 0.267 e. The Kier molecular flexibility index (Phi) is 1.61. The maximum atomic E-state index is 11.3. The van der Waals surface area contributed by atoms with Gasteiger partial charge in [-0.3, -0.25) is 9.59 Å². The Labute approximate surface area is 78.9 Å². The minimum absolute atomic E-state index is 0.264. The van der Waals surface area contributed by atoms with Gasteiger partial charge in [0.25, 0.3) is 11.8 Å². The molecule has 1 aromatic carbocycles. The molecule has 4 nitrogen and oxygen atoms in total. The summed E-state index contributed by atoms with van der Waals surface area (Å²) in [5.74, 6) is 4.21. The highest BCUT2D eigenvalue weighted by Gasteiger charge is 2.33. The molecule has 1 aromatic rings. The van der Waals surface area contributed by atoms with Gasteiger partial charge in [-0.15, -0.1) is 0 Å². The van der Waals surface area contributed by atoms with E-state index in [2.05, 4.69) is 0 Å². The Morgan fingerprint density at radius 2 is 1.77 bits per heavy atom. The van der Waals surface area contributed by atoms with Gasteiger partial charge in [0.1, 0.15) is 0 Å². The van der Waals surface area contributed by atoms with Gasteiger partial charge < -0.3 is 0 Å². The fourth-order valence-electron chi connectivity index (χ4n) is 1.23. The van der Waals surface area contributed by atoms with Crippen LogP contribution < -0.4 is 5.84 Å². The molecule has 0 atom stereocenters. The molecule has 5 heteroatoms. The molecule has 2 rings (SSSR count). The molecular formula is C8H5ClN2O2. The van der Waals surface area contributed by atoms with Crippen molar-refractivity contribution in [3.63, 3.8) is 0 Å². The van der Waals surface area contributed by atoms with Crippen LogP contribution in [0.1, 0.15) is 20.7 Å². The summed E-state index contributed by atoms with van der Waals surface area (Å²) in [4.78, 5) is 22.5. The molecule has 0 saturated heterocycles. The number of nitrogens with zero attached hydrogens (tertiary/aromatic N) is 1. The van der Waals surface area contributed by atoms with Crippen molar-refractivity contribution < 1.29 is 9.59 Å². The van der Waals surface area contributed by atoms with Gasteiger partial charge in [0.05, 0.1) is 11.1 Å². The van der Waals surface area contributed by atoms with E-state index in [-0.39, 0.29) is 5.56 Å². The Morgan fingerprint density at radius 3 is 2.46 bits per heavy atom. The lowest BCUT2D eigenvalue weighted by Crippen LogP contribution is -2.36. The van der Waals surface area contributed by atoms with Crippen molar-refractivity contribution in [3.8, 4) is 0 Å². The van der Waals surface area contributed by atoms with Gasteiger partial charge in [-0.05, 0) is 18.2 Å². The monoisotopic (exact) mass is 196 g/mol. The molecule has 0 radical (unpaired) electrons. The van der Waals surface area contributed by atoms with Gasteiger partial charge in [0.2, 0.25) is 0 Å². The fourth-order valence-corrected chi connectivity index (χ4v) is 1.40. The van der Waals surface area contributed by atoms with Crippen molar-refractivity contribution in [2.45, 2.75) is 0 Å². The number of nitrogens with two attached hydrogens (primary N) is 1. The first-order valence-corrected chi connectivity index (χ1v) is 3.92. The van der Waals surface area contributed by atoms with Crippen LogP contribution in [0.15, 0.2) is 18.2 Å². The summed E-state index contributed by atoms with van der Waals surface area (Å²) in [5.41, 5.74) is 0.567. The number of carbonyl (C=O) groups excluding carboxylic acids is 2. The van der Waals surface area contributed by atoms with Crippen LogP contribution in [0, 0.1) is 0 Å². The van der Waals surface area contributed by atoms with Crippen LogP contribution in [0.4, 0.5) is 0 Å². The number of halogens is 1. The minimum atomic E-state index is -0.512. The van der Waals surface area contributed by atoms with Gasteiger partial charge in [0, 0.05) is 5.02 Å². The number of fused-ring (bicyclic) bond motifs is 1. The summed E-state index contributed by atoms with van der Waals surface area (Å²) in [6.07, 6.45) is 0. The lowest BCUT2D eigenvalue weighted by atomic mass is 10.1. The van der Waals surface area contributed by atoms with Gasteiger partial charge in [-0.2, -0.15) is 0 Å². The van der Waals surface area contributed by atoms with Crippen molar-refractivity contribution in [3.05, 3.63) is 34.3 Å². The van der Waals surface area contributed by atoms with Crippen LogP contribution in [-0.4, -0.2) is 16.8 Å². The highest BCUT2D eigenvalue weighted by atomic mass is 35.5. The second-order valence-electron chi connectivity index (χ2n) is 2.67. The molecule has 0 aromatic heterocycles. The summed E-state index contributed by atoms with van der Waals surface area (Å²) >= 11 is 5.66. The molecular weight excluding hydrogens is 192 g/mol. The Hall–Kier alpha value is -1.39. The first-order chi connectivity index (χ1) is 6.11. The third-order valence-corrected chi connectivity index (χ3v) is 2.12. The first kappa shape index (κ1) is 8.22. The zero-order valence-corrected chi connectivity index (χ0v) is 7.21. The van der Waals surface area contributed by atoms with Gasteiger partial charge in [-0.25, -0.2) is 10.9 Å². The lowest BCUT2D eigenvalue weighted by molar-refractivity contribution is 0.0654. The van der Waals surface area contributed by atoms with E-state index in [1.165, 1.54) is 12.1 Å². The number of carbonyl (C=O) groups is 2. The van der Waals surface area contributed by atoms with Crippen molar-refractivity contribution in [1.29, 1.82) is 0 Å². The number of hydrazine groups is 1. The van der Waals surface area contributed by atoms with Crippen LogP contribution in [0.25, 0.3) is 0 Å². The predicted molar refractivity (Wildman–Crippen MR) is 46.1 cm³/mol. The third kappa shape index (κ3) is 1.03. The molecule has 0 unspecified atom stereocenters. The van der Waals surface area contributed by atoms with Crippen molar-refractivity contribution in [2.24, 2.45) is 5.84 Å². The first-order valence-electron chi connectivity index (χ1n) is 3.54. The molecule has 0 spiro atoms. The van der Waals surface area contributed by atoms with E-state index < -0.39 is 11.8 Å². The number of rotatable bonds is 0. The van der Waals surface area contributed by atoms with Gasteiger partial charge in [-0.1, -0.05) is 11.6 Å². The Bertz CT molecular complexity index is 417. The molecule has 2 amide bonds. The predicted octanol–water partition coefficient (Wildman–Crippen LogP) is 0.810. The van der Waals surface area contributed by atoms with E-state index in [0.29, 0.717) is 15.6 Å². The van der Waals surface area contributed by atoms with E-state index in [1.807, 2.05) is 0 Å². The number of amides is 2. The zero-order chi connectivity index (χ0) is 9.59. The fraction of sp³-hybridized carbons (Fsp3) is 0. The topological polar surface area (TPSA) is 63.4 Å². The lowest BCUT2D eigenvalue weighted by Gasteiger charge is -2.01. The van der Waals surface area contributed by atoms with Crippen LogP contribution in [-0.2, 0) is 0 Å². The summed E-state index contributed by atoms with van der Waals surface area (Å²) in [7, 11) is 0. The molecule has 1 heterocycles. The average molecular weight is 197 g/mol. The summed E-state index contributed by atoms with van der Waals surface area (Å²) in [6.45, 7) is 0. The second kappa shape index (κ2) is 2.55. The van der Waals surface area contributed by atoms with E-state index in [9.17, 15) is 9.59 Å². The number of imide groups is 1. The normalized spacial score (nSPS) is 15.1.